The fourth-order valence-corrected chi connectivity index (χ4v) is 3.47. The van der Waals surface area contributed by atoms with Crippen molar-refractivity contribution in [2.24, 2.45) is 11.7 Å². The smallest absolute Gasteiger partial charge is 0.543 e. The van der Waals surface area contributed by atoms with Crippen LogP contribution in [0.3, 0.4) is 0 Å². The van der Waals surface area contributed by atoms with E-state index in [0.29, 0.717) is 23.1 Å². The normalized spacial score (nSPS) is 22.2. The average molecular weight is 368 g/mol. The van der Waals surface area contributed by atoms with E-state index in [1.54, 1.807) is 24.3 Å². The van der Waals surface area contributed by atoms with Crippen molar-refractivity contribution in [1.82, 2.24) is 4.90 Å². The van der Waals surface area contributed by atoms with Crippen LogP contribution in [0.2, 0.25) is 0 Å². The Labute approximate surface area is 171 Å². The number of benzene rings is 1. The van der Waals surface area contributed by atoms with Crippen molar-refractivity contribution in [3.8, 4) is 0 Å². The summed E-state index contributed by atoms with van der Waals surface area (Å²) in [4.78, 5) is 35.5. The van der Waals surface area contributed by atoms with Crippen LogP contribution in [0.15, 0.2) is 30.0 Å². The summed E-state index contributed by atoms with van der Waals surface area (Å²) < 4.78 is 4.69. The molecule has 26 heavy (non-hydrogen) atoms. The molecule has 0 bridgehead atoms. The van der Waals surface area contributed by atoms with Gasteiger partial charge in [0, 0.05) is 0 Å². The topological polar surface area (TPSA) is 133 Å². The van der Waals surface area contributed by atoms with E-state index in [2.05, 4.69) is 0 Å². The van der Waals surface area contributed by atoms with Crippen LogP contribution in [0.4, 0.5) is 4.79 Å². The first-order chi connectivity index (χ1) is 11.8. The van der Waals surface area contributed by atoms with Gasteiger partial charge in [0.15, 0.2) is 0 Å². The Morgan fingerprint density at radius 2 is 2.00 bits per heavy atom. The minimum absolute atomic E-state index is 0. The van der Waals surface area contributed by atoms with Crippen LogP contribution in [-0.2, 0) is 20.9 Å². The number of ether oxygens (including phenoxy) is 1. The standard InChI is InChI=1S/C17H18N2O6.Na/c1-8(20)13-12-6-11(14(16(22)23)19(12)15(13)21)10-4-2-9(3-5-10)7-25-17(18)24;/h2-5,8,12-13,20H,6-7H2,1H3,(H2,18,24)(H,22,23);/q;+1/p-1/t8-,12-,13-;/m1./s1. The van der Waals surface area contributed by atoms with E-state index in [9.17, 15) is 24.6 Å². The van der Waals surface area contributed by atoms with Crippen molar-refractivity contribution in [3.63, 3.8) is 0 Å². The predicted molar refractivity (Wildman–Crippen MR) is 83.2 cm³/mol. The number of hydrogen-bond donors (Lipinski definition) is 2. The van der Waals surface area contributed by atoms with Gasteiger partial charge in [-0.05, 0) is 30.0 Å². The van der Waals surface area contributed by atoms with Gasteiger partial charge in [-0.25, -0.2) is 4.79 Å². The second kappa shape index (κ2) is 7.79. The van der Waals surface area contributed by atoms with Crippen LogP contribution >= 0.6 is 0 Å². The third-order valence-corrected chi connectivity index (χ3v) is 4.61. The quantitative estimate of drug-likeness (QED) is 0.407. The van der Waals surface area contributed by atoms with E-state index in [1.165, 1.54) is 11.8 Å². The molecule has 8 nitrogen and oxygen atoms in total. The maximum Gasteiger partial charge on any atom is 1.00 e. The van der Waals surface area contributed by atoms with Crippen molar-refractivity contribution in [2.75, 3.05) is 0 Å². The van der Waals surface area contributed by atoms with Crippen molar-refractivity contribution < 1.29 is 58.9 Å². The van der Waals surface area contributed by atoms with Crippen molar-refractivity contribution >= 4 is 23.5 Å². The molecule has 0 aromatic heterocycles. The van der Waals surface area contributed by atoms with Crippen LogP contribution < -0.4 is 40.4 Å². The zero-order valence-corrected chi connectivity index (χ0v) is 16.5. The van der Waals surface area contributed by atoms with Gasteiger partial charge in [0.25, 0.3) is 0 Å². The van der Waals surface area contributed by atoms with Crippen LogP contribution in [0, 0.1) is 5.92 Å². The predicted octanol–water partition coefficient (Wildman–Crippen LogP) is -3.64. The molecule has 1 saturated heterocycles. The summed E-state index contributed by atoms with van der Waals surface area (Å²) in [5, 5.41) is 21.3. The summed E-state index contributed by atoms with van der Waals surface area (Å²) in [5.41, 5.74) is 6.58. The molecule has 1 aromatic rings. The number of aliphatic hydroxyl groups excluding tert-OH is 1. The molecule has 0 unspecified atom stereocenters. The number of carboxylic acid groups (broad SMARTS) is 1. The molecule has 1 aromatic carbocycles. The third-order valence-electron chi connectivity index (χ3n) is 4.61. The minimum Gasteiger partial charge on any atom is -0.543 e. The first-order valence-electron chi connectivity index (χ1n) is 7.78. The van der Waals surface area contributed by atoms with Gasteiger partial charge in [-0.2, -0.15) is 0 Å². The van der Waals surface area contributed by atoms with E-state index in [0.717, 1.165) is 0 Å². The molecule has 2 aliphatic heterocycles. The zero-order chi connectivity index (χ0) is 18.3. The number of amides is 2. The Morgan fingerprint density at radius 3 is 2.50 bits per heavy atom. The molecule has 3 N–H and O–H groups in total. The molecule has 1 fully saturated rings. The Bertz CT molecular complexity index is 774. The van der Waals surface area contributed by atoms with E-state index in [1.807, 2.05) is 0 Å². The van der Waals surface area contributed by atoms with Crippen molar-refractivity contribution in [2.45, 2.75) is 32.1 Å². The number of β-lactam (4-membered cyclic amide) rings is 1. The van der Waals surface area contributed by atoms with Gasteiger partial charge in [0.2, 0.25) is 5.91 Å². The van der Waals surface area contributed by atoms with Gasteiger partial charge in [0.1, 0.15) is 6.61 Å². The van der Waals surface area contributed by atoms with Crippen LogP contribution in [-0.4, -0.2) is 40.1 Å². The van der Waals surface area contributed by atoms with Crippen molar-refractivity contribution in [3.05, 3.63) is 41.1 Å². The number of rotatable bonds is 5. The summed E-state index contributed by atoms with van der Waals surface area (Å²) in [5.74, 6) is -2.42. The number of aliphatic carboxylic acids is 1. The second-order valence-electron chi connectivity index (χ2n) is 6.17. The summed E-state index contributed by atoms with van der Waals surface area (Å²) >= 11 is 0. The Morgan fingerprint density at radius 1 is 1.38 bits per heavy atom. The molecule has 3 rings (SSSR count). The first kappa shape index (κ1) is 20.4. The van der Waals surface area contributed by atoms with Gasteiger partial charge in [-0.15, -0.1) is 0 Å². The Hall–Kier alpha value is -1.87. The summed E-state index contributed by atoms with van der Waals surface area (Å²) in [6.45, 7) is 1.53. The molecule has 9 heteroatoms. The molecule has 2 aliphatic rings. The van der Waals surface area contributed by atoms with Gasteiger partial charge in [-0.1, -0.05) is 24.3 Å². The van der Waals surface area contributed by atoms with Crippen LogP contribution in [0.1, 0.15) is 24.5 Å². The minimum atomic E-state index is -1.42. The molecule has 132 valence electrons. The number of carboxylic acids is 1. The SMILES string of the molecule is C[C@@H](O)[C@H]1C(=O)N2C(C(=O)[O-])=C(c3ccc(COC(N)=O)cc3)C[C@H]12.[Na+]. The Balaban J connectivity index is 0.00000243. The van der Waals surface area contributed by atoms with Gasteiger partial charge in [0.05, 0.1) is 29.7 Å². The maximum atomic E-state index is 12.2. The second-order valence-corrected chi connectivity index (χ2v) is 6.17. The van der Waals surface area contributed by atoms with Gasteiger partial charge < -0.3 is 30.4 Å². The van der Waals surface area contributed by atoms with Gasteiger partial charge in [-0.3, -0.25) is 4.79 Å². The average Bonchev–Trinajstić information content (AvgIpc) is 2.88. The monoisotopic (exact) mass is 368 g/mol. The summed E-state index contributed by atoms with van der Waals surface area (Å²) in [6.07, 6.45) is -1.39. The van der Waals surface area contributed by atoms with Crippen LogP contribution in [0.25, 0.3) is 5.57 Å². The van der Waals surface area contributed by atoms with E-state index >= 15 is 0 Å². The molecular formula is C17H17N2NaO6. The fourth-order valence-electron chi connectivity index (χ4n) is 3.47. The van der Waals surface area contributed by atoms with Gasteiger partial charge >= 0.3 is 35.7 Å². The number of nitrogens with zero attached hydrogens (tertiary/aromatic N) is 1. The Kier molecular flexibility index (Phi) is 6.13. The number of primary amides is 1. The molecule has 0 radical (unpaired) electrons. The molecule has 0 spiro atoms. The van der Waals surface area contributed by atoms with E-state index in [4.69, 9.17) is 10.5 Å². The molecule has 0 saturated carbocycles. The summed E-state index contributed by atoms with van der Waals surface area (Å²) in [7, 11) is 0. The largest absolute Gasteiger partial charge is 1.00 e. The molecule has 2 heterocycles. The number of nitrogens with two attached hydrogens (primary N) is 1. The van der Waals surface area contributed by atoms with E-state index in [-0.39, 0.29) is 47.9 Å². The number of carbonyl (C=O) groups is 3. The number of aliphatic hydroxyl groups is 1. The molecule has 3 atom stereocenters. The van der Waals surface area contributed by atoms with Crippen molar-refractivity contribution in [1.29, 1.82) is 0 Å². The maximum absolute atomic E-state index is 12.2. The molecular weight excluding hydrogens is 351 g/mol. The first-order valence-corrected chi connectivity index (χ1v) is 7.78. The molecule has 0 aliphatic carbocycles. The summed E-state index contributed by atoms with van der Waals surface area (Å²) in [6, 6.07) is 6.37. The van der Waals surface area contributed by atoms with E-state index < -0.39 is 30.0 Å². The number of hydrogen-bond acceptors (Lipinski definition) is 6. The zero-order valence-electron chi connectivity index (χ0n) is 14.5. The fraction of sp³-hybridized carbons (Fsp3) is 0.353. The third kappa shape index (κ3) is 3.50. The number of carbonyl (C=O) groups excluding carboxylic acids is 3. The van der Waals surface area contributed by atoms with Crippen LogP contribution in [0.5, 0.6) is 0 Å². The molecule has 2 amide bonds. The number of fused-ring (bicyclic) bond motifs is 1.